The summed E-state index contributed by atoms with van der Waals surface area (Å²) in [6.45, 7) is 4.26. The van der Waals surface area contributed by atoms with E-state index in [1.54, 1.807) is 6.08 Å². The van der Waals surface area contributed by atoms with Gasteiger partial charge in [0.15, 0.2) is 0 Å². The smallest absolute Gasteiger partial charge is 0.0567 e. The van der Waals surface area contributed by atoms with Crippen LogP contribution in [-0.4, -0.2) is 12.8 Å². The third-order valence-corrected chi connectivity index (χ3v) is 1.87. The molecule has 0 aliphatic rings. The van der Waals surface area contributed by atoms with E-state index in [9.17, 15) is 0 Å². The van der Waals surface area contributed by atoms with E-state index >= 15 is 0 Å². The van der Waals surface area contributed by atoms with Gasteiger partial charge in [0.25, 0.3) is 0 Å². The molecular weight excluding hydrogens is 214 g/mol. The summed E-state index contributed by atoms with van der Waals surface area (Å²) in [5.41, 5.74) is 1.11. The Bertz CT molecular complexity index is 274. The van der Waals surface area contributed by atoms with Gasteiger partial charge in [-0.05, 0) is 17.7 Å². The van der Waals surface area contributed by atoms with Crippen LogP contribution in [0, 0.1) is 0 Å². The summed E-state index contributed by atoms with van der Waals surface area (Å²) in [7, 11) is 0. The minimum Gasteiger partial charge on any atom is -0.288 e. The highest BCUT2D eigenvalue weighted by Crippen LogP contribution is 2.08. The number of nitrogens with zero attached hydrogens (tertiary/aromatic N) is 1. The summed E-state index contributed by atoms with van der Waals surface area (Å²) in [6, 6.07) is 8.01. The molecule has 0 aliphatic carbocycles. The number of hydrogen-bond donors (Lipinski definition) is 0. The van der Waals surface area contributed by atoms with Crippen molar-refractivity contribution in [2.45, 2.75) is 0 Å². The Morgan fingerprint density at radius 2 is 2.00 bits per heavy atom. The second-order valence-electron chi connectivity index (χ2n) is 2.33. The molecule has 0 fully saturated rings. The average Bonchev–Trinajstić information content (AvgIpc) is 2.09. The Morgan fingerprint density at radius 1 is 1.33 bits per heavy atom. The summed E-state index contributed by atoms with van der Waals surface area (Å²) < 4.78 is 1.09. The van der Waals surface area contributed by atoms with Crippen LogP contribution in [-0.2, 0) is 0 Å². The molecule has 0 saturated heterocycles. The zero-order valence-electron chi connectivity index (χ0n) is 6.70. The molecule has 0 heterocycles. The van der Waals surface area contributed by atoms with Gasteiger partial charge >= 0.3 is 0 Å². The third-order valence-electron chi connectivity index (χ3n) is 1.34. The lowest BCUT2D eigenvalue weighted by atomic mass is 10.2. The van der Waals surface area contributed by atoms with Gasteiger partial charge in [0.2, 0.25) is 0 Å². The maximum Gasteiger partial charge on any atom is 0.0567 e. The Kier molecular flexibility index (Phi) is 3.74. The largest absolute Gasteiger partial charge is 0.288 e. The van der Waals surface area contributed by atoms with E-state index in [1.807, 2.05) is 30.5 Å². The second kappa shape index (κ2) is 4.88. The first-order valence-electron chi connectivity index (χ1n) is 3.69. The number of rotatable bonds is 3. The van der Waals surface area contributed by atoms with Crippen LogP contribution in [0.2, 0.25) is 0 Å². The molecule has 0 unspecified atom stereocenters. The van der Waals surface area contributed by atoms with Gasteiger partial charge in [0, 0.05) is 10.7 Å². The van der Waals surface area contributed by atoms with Crippen molar-refractivity contribution in [2.75, 3.05) is 6.54 Å². The maximum atomic E-state index is 4.13. The quantitative estimate of drug-likeness (QED) is 0.552. The molecule has 0 N–H and O–H groups in total. The van der Waals surface area contributed by atoms with Gasteiger partial charge in [0.05, 0.1) is 6.54 Å². The molecule has 1 aromatic carbocycles. The van der Waals surface area contributed by atoms with Gasteiger partial charge in [0.1, 0.15) is 0 Å². The van der Waals surface area contributed by atoms with Crippen LogP contribution in [0.4, 0.5) is 0 Å². The van der Waals surface area contributed by atoms with E-state index in [1.165, 1.54) is 0 Å². The van der Waals surface area contributed by atoms with E-state index < -0.39 is 0 Å². The van der Waals surface area contributed by atoms with E-state index in [0.29, 0.717) is 6.54 Å². The molecule has 0 aliphatic heterocycles. The fourth-order valence-corrected chi connectivity index (χ4v) is 1.05. The van der Waals surface area contributed by atoms with Crippen LogP contribution in [0.15, 0.2) is 46.4 Å². The lowest BCUT2D eigenvalue weighted by molar-refractivity contribution is 1.26. The zero-order chi connectivity index (χ0) is 8.81. The van der Waals surface area contributed by atoms with E-state index in [-0.39, 0.29) is 0 Å². The number of halogens is 1. The fourth-order valence-electron chi connectivity index (χ4n) is 0.781. The topological polar surface area (TPSA) is 12.4 Å². The zero-order valence-corrected chi connectivity index (χ0v) is 8.29. The summed E-state index contributed by atoms with van der Waals surface area (Å²) in [4.78, 5) is 4.13. The molecule has 0 bridgehead atoms. The number of hydrogen-bond acceptors (Lipinski definition) is 1. The molecule has 0 saturated carbocycles. The second-order valence-corrected chi connectivity index (χ2v) is 3.25. The predicted octanol–water partition coefficient (Wildman–Crippen LogP) is 3.05. The number of aliphatic imine (C=N–C) groups is 1. The average molecular weight is 224 g/mol. The SMILES string of the molecule is C=CC/N=C\c1ccc(Br)cc1. The lowest BCUT2D eigenvalue weighted by Gasteiger charge is -1.91. The Balaban J connectivity index is 2.64. The van der Waals surface area contributed by atoms with Gasteiger partial charge in [-0.25, -0.2) is 0 Å². The van der Waals surface area contributed by atoms with Crippen molar-refractivity contribution in [3.8, 4) is 0 Å². The van der Waals surface area contributed by atoms with Crippen LogP contribution in [0.25, 0.3) is 0 Å². The van der Waals surface area contributed by atoms with Gasteiger partial charge in [-0.2, -0.15) is 0 Å². The van der Waals surface area contributed by atoms with Crippen LogP contribution in [0.1, 0.15) is 5.56 Å². The third kappa shape index (κ3) is 3.01. The van der Waals surface area contributed by atoms with Crippen molar-refractivity contribution >= 4 is 22.1 Å². The van der Waals surface area contributed by atoms with Crippen LogP contribution < -0.4 is 0 Å². The van der Waals surface area contributed by atoms with Gasteiger partial charge < -0.3 is 0 Å². The van der Waals surface area contributed by atoms with E-state index in [4.69, 9.17) is 0 Å². The van der Waals surface area contributed by atoms with Crippen molar-refractivity contribution in [1.82, 2.24) is 0 Å². The van der Waals surface area contributed by atoms with E-state index in [2.05, 4.69) is 27.5 Å². The van der Waals surface area contributed by atoms with Crippen molar-refractivity contribution in [3.63, 3.8) is 0 Å². The minimum absolute atomic E-state index is 0.677. The molecule has 0 spiro atoms. The van der Waals surface area contributed by atoms with Crippen molar-refractivity contribution in [2.24, 2.45) is 4.99 Å². The van der Waals surface area contributed by atoms with Gasteiger partial charge in [-0.1, -0.05) is 34.1 Å². The summed E-state index contributed by atoms with van der Waals surface area (Å²) in [5.74, 6) is 0. The summed E-state index contributed by atoms with van der Waals surface area (Å²) in [6.07, 6.45) is 3.61. The monoisotopic (exact) mass is 223 g/mol. The molecule has 1 nitrogen and oxygen atoms in total. The van der Waals surface area contributed by atoms with Crippen LogP contribution in [0.5, 0.6) is 0 Å². The first-order chi connectivity index (χ1) is 5.83. The van der Waals surface area contributed by atoms with Crippen molar-refractivity contribution in [3.05, 3.63) is 47.0 Å². The highest BCUT2D eigenvalue weighted by Gasteiger charge is 1.86. The molecule has 2 heteroatoms. The maximum absolute atomic E-state index is 4.13. The highest BCUT2D eigenvalue weighted by molar-refractivity contribution is 9.10. The van der Waals surface area contributed by atoms with Crippen molar-refractivity contribution < 1.29 is 0 Å². The molecule has 12 heavy (non-hydrogen) atoms. The molecule has 62 valence electrons. The number of benzene rings is 1. The summed E-state index contributed by atoms with van der Waals surface area (Å²) in [5, 5.41) is 0. The molecule has 0 aromatic heterocycles. The molecule has 0 amide bonds. The highest BCUT2D eigenvalue weighted by atomic mass is 79.9. The first-order valence-corrected chi connectivity index (χ1v) is 4.48. The van der Waals surface area contributed by atoms with Crippen molar-refractivity contribution in [1.29, 1.82) is 0 Å². The van der Waals surface area contributed by atoms with Gasteiger partial charge in [-0.15, -0.1) is 6.58 Å². The van der Waals surface area contributed by atoms with Gasteiger partial charge in [-0.3, -0.25) is 4.99 Å². The molecule has 1 aromatic rings. The Hall–Kier alpha value is -0.890. The summed E-state index contributed by atoms with van der Waals surface area (Å²) >= 11 is 3.37. The molecule has 0 radical (unpaired) electrons. The van der Waals surface area contributed by atoms with Crippen LogP contribution >= 0.6 is 15.9 Å². The molecular formula is C10H10BrN. The predicted molar refractivity (Wildman–Crippen MR) is 56.8 cm³/mol. The Morgan fingerprint density at radius 3 is 2.58 bits per heavy atom. The molecule has 1 rings (SSSR count). The normalized spacial score (nSPS) is 10.4. The van der Waals surface area contributed by atoms with E-state index in [0.717, 1.165) is 10.0 Å². The minimum atomic E-state index is 0.677. The van der Waals surface area contributed by atoms with Crippen LogP contribution in [0.3, 0.4) is 0 Å². The fraction of sp³-hybridized carbons (Fsp3) is 0.100. The Labute approximate surface area is 81.0 Å². The lowest BCUT2D eigenvalue weighted by Crippen LogP contribution is -1.80. The first kappa shape index (κ1) is 9.20. The standard InChI is InChI=1S/C10H10BrN/c1-2-7-12-8-9-3-5-10(11)6-4-9/h2-6,8H,1,7H2/b12-8-. The molecule has 0 atom stereocenters.